The van der Waals surface area contributed by atoms with E-state index in [0.29, 0.717) is 48.1 Å². The first-order valence-corrected chi connectivity index (χ1v) is 8.65. The Morgan fingerprint density at radius 2 is 1.92 bits per heavy atom. The van der Waals surface area contributed by atoms with Gasteiger partial charge in [0.25, 0.3) is 0 Å². The average molecular weight is 377 g/mol. The zero-order valence-corrected chi connectivity index (χ0v) is 15.0. The summed E-state index contributed by atoms with van der Waals surface area (Å²) in [5, 5.41) is 0.301. The molecule has 7 heteroatoms. The number of carbonyl (C=O) groups is 2. The van der Waals surface area contributed by atoms with Gasteiger partial charge in [-0.1, -0.05) is 17.7 Å². The van der Waals surface area contributed by atoms with E-state index in [2.05, 4.69) is 0 Å². The van der Waals surface area contributed by atoms with Crippen LogP contribution in [0.15, 0.2) is 42.5 Å². The molecule has 5 nitrogen and oxygen atoms in total. The van der Waals surface area contributed by atoms with Gasteiger partial charge in [0.1, 0.15) is 5.82 Å². The van der Waals surface area contributed by atoms with Crippen molar-refractivity contribution in [1.82, 2.24) is 4.90 Å². The quantitative estimate of drug-likeness (QED) is 0.738. The van der Waals surface area contributed by atoms with E-state index in [9.17, 15) is 14.0 Å². The molecule has 0 radical (unpaired) electrons. The number of hydrogen-bond donors (Lipinski definition) is 0. The van der Waals surface area contributed by atoms with Gasteiger partial charge in [-0.15, -0.1) is 0 Å². The van der Waals surface area contributed by atoms with Crippen molar-refractivity contribution in [2.75, 3.05) is 24.6 Å². The number of anilines is 1. The zero-order chi connectivity index (χ0) is 18.7. The van der Waals surface area contributed by atoms with Crippen LogP contribution in [0.4, 0.5) is 14.9 Å². The third-order valence-electron chi connectivity index (χ3n) is 4.16. The van der Waals surface area contributed by atoms with Crippen molar-refractivity contribution >= 4 is 29.3 Å². The number of ether oxygens (including phenoxy) is 1. The lowest BCUT2D eigenvalue weighted by Crippen LogP contribution is -2.31. The Balaban J connectivity index is 1.69. The largest absolute Gasteiger partial charge is 0.462 e. The van der Waals surface area contributed by atoms with Crippen LogP contribution >= 0.6 is 11.6 Å². The van der Waals surface area contributed by atoms with E-state index in [1.807, 2.05) is 0 Å². The number of amides is 2. The Kier molecular flexibility index (Phi) is 5.42. The first-order valence-electron chi connectivity index (χ1n) is 8.27. The van der Waals surface area contributed by atoms with E-state index in [-0.39, 0.29) is 12.0 Å². The van der Waals surface area contributed by atoms with E-state index < -0.39 is 5.82 Å². The molecule has 1 aliphatic rings. The Hall–Kier alpha value is -2.60. The van der Waals surface area contributed by atoms with Crippen molar-refractivity contribution in [2.24, 2.45) is 0 Å². The molecular formula is C19H18ClFN2O3. The highest BCUT2D eigenvalue weighted by Crippen LogP contribution is 2.25. The molecule has 0 aromatic heterocycles. The fourth-order valence-electron chi connectivity index (χ4n) is 2.82. The van der Waals surface area contributed by atoms with Crippen molar-refractivity contribution in [3.63, 3.8) is 0 Å². The van der Waals surface area contributed by atoms with Crippen LogP contribution in [0, 0.1) is 5.82 Å². The number of urea groups is 1. The molecule has 1 heterocycles. The summed E-state index contributed by atoms with van der Waals surface area (Å²) in [6.07, 6.45) is 0. The van der Waals surface area contributed by atoms with Gasteiger partial charge in [0.15, 0.2) is 0 Å². The highest BCUT2D eigenvalue weighted by molar-refractivity contribution is 6.31. The summed E-state index contributed by atoms with van der Waals surface area (Å²) >= 11 is 6.05. The number of rotatable bonds is 5. The summed E-state index contributed by atoms with van der Waals surface area (Å²) < 4.78 is 18.1. The monoisotopic (exact) mass is 376 g/mol. The van der Waals surface area contributed by atoms with Gasteiger partial charge in [0, 0.05) is 30.3 Å². The summed E-state index contributed by atoms with van der Waals surface area (Å²) in [5.41, 5.74) is 1.84. The minimum atomic E-state index is -0.408. The maximum absolute atomic E-state index is 13.2. The van der Waals surface area contributed by atoms with Crippen LogP contribution in [-0.4, -0.2) is 36.6 Å². The first kappa shape index (κ1) is 18.2. The molecular weight excluding hydrogens is 359 g/mol. The van der Waals surface area contributed by atoms with Crippen LogP contribution in [0.2, 0.25) is 5.02 Å². The van der Waals surface area contributed by atoms with Crippen LogP contribution in [0.25, 0.3) is 0 Å². The summed E-state index contributed by atoms with van der Waals surface area (Å²) in [5.74, 6) is -0.797. The molecule has 0 atom stereocenters. The third-order valence-corrected chi connectivity index (χ3v) is 4.51. The Bertz CT molecular complexity index is 826. The summed E-state index contributed by atoms with van der Waals surface area (Å²) in [4.78, 5) is 27.6. The van der Waals surface area contributed by atoms with Crippen molar-refractivity contribution in [3.05, 3.63) is 64.4 Å². The van der Waals surface area contributed by atoms with Crippen LogP contribution in [0.1, 0.15) is 22.8 Å². The summed E-state index contributed by atoms with van der Waals surface area (Å²) in [7, 11) is 0. The Labute approximate surface area is 155 Å². The van der Waals surface area contributed by atoms with E-state index >= 15 is 0 Å². The molecule has 1 aliphatic heterocycles. The smallest absolute Gasteiger partial charge is 0.338 e. The molecule has 0 aliphatic carbocycles. The van der Waals surface area contributed by atoms with E-state index in [0.717, 1.165) is 0 Å². The van der Waals surface area contributed by atoms with Crippen molar-refractivity contribution < 1.29 is 18.7 Å². The number of halogens is 2. The second kappa shape index (κ2) is 7.74. The van der Waals surface area contributed by atoms with Gasteiger partial charge < -0.3 is 9.64 Å². The van der Waals surface area contributed by atoms with Crippen LogP contribution in [0.3, 0.4) is 0 Å². The molecule has 2 amide bonds. The van der Waals surface area contributed by atoms with Gasteiger partial charge in [-0.05, 0) is 48.9 Å². The standard InChI is InChI=1S/C19H18ClFN2O3/c1-2-26-18(24)13-4-7-16(8-5-13)23-10-9-22(19(23)25)12-14-3-6-15(21)11-17(14)20/h3-8,11H,2,9-10,12H2,1H3. The molecule has 26 heavy (non-hydrogen) atoms. The lowest BCUT2D eigenvalue weighted by atomic mass is 10.2. The number of benzene rings is 2. The molecule has 3 rings (SSSR count). The summed E-state index contributed by atoms with van der Waals surface area (Å²) in [6.45, 7) is 3.43. The lowest BCUT2D eigenvalue weighted by molar-refractivity contribution is 0.0526. The van der Waals surface area contributed by atoms with Gasteiger partial charge in [-0.3, -0.25) is 4.90 Å². The minimum absolute atomic E-state index is 0.158. The highest BCUT2D eigenvalue weighted by atomic mass is 35.5. The summed E-state index contributed by atoms with van der Waals surface area (Å²) in [6, 6.07) is 10.7. The van der Waals surface area contributed by atoms with Gasteiger partial charge in [-0.2, -0.15) is 0 Å². The van der Waals surface area contributed by atoms with Gasteiger partial charge in [-0.25, -0.2) is 14.0 Å². The van der Waals surface area contributed by atoms with Crippen LogP contribution in [0.5, 0.6) is 0 Å². The average Bonchev–Trinajstić information content (AvgIpc) is 2.98. The van der Waals surface area contributed by atoms with Gasteiger partial charge in [0.05, 0.1) is 12.2 Å². The molecule has 0 saturated carbocycles. The molecule has 0 N–H and O–H groups in total. The molecule has 0 bridgehead atoms. The van der Waals surface area contributed by atoms with E-state index in [4.69, 9.17) is 16.3 Å². The van der Waals surface area contributed by atoms with Gasteiger partial charge >= 0.3 is 12.0 Å². The maximum Gasteiger partial charge on any atom is 0.338 e. The fraction of sp³-hybridized carbons (Fsp3) is 0.263. The number of nitrogens with zero attached hydrogens (tertiary/aromatic N) is 2. The number of carbonyl (C=O) groups excluding carboxylic acids is 2. The zero-order valence-electron chi connectivity index (χ0n) is 14.2. The Morgan fingerprint density at radius 3 is 2.58 bits per heavy atom. The SMILES string of the molecule is CCOC(=O)c1ccc(N2CCN(Cc3ccc(F)cc3Cl)C2=O)cc1. The van der Waals surface area contributed by atoms with Crippen LogP contribution < -0.4 is 4.90 Å². The predicted octanol–water partition coefficient (Wildman–Crippen LogP) is 4.10. The second-order valence-corrected chi connectivity index (χ2v) is 6.27. The van der Waals surface area contributed by atoms with Crippen molar-refractivity contribution in [3.8, 4) is 0 Å². The first-order chi connectivity index (χ1) is 12.5. The second-order valence-electron chi connectivity index (χ2n) is 5.86. The minimum Gasteiger partial charge on any atom is -0.462 e. The molecule has 1 saturated heterocycles. The lowest BCUT2D eigenvalue weighted by Gasteiger charge is -2.19. The highest BCUT2D eigenvalue weighted by Gasteiger charge is 2.30. The predicted molar refractivity (Wildman–Crippen MR) is 97.0 cm³/mol. The molecule has 0 unspecified atom stereocenters. The van der Waals surface area contributed by atoms with Crippen molar-refractivity contribution in [2.45, 2.75) is 13.5 Å². The topological polar surface area (TPSA) is 49.9 Å². The molecule has 1 fully saturated rings. The van der Waals surface area contributed by atoms with E-state index in [1.54, 1.807) is 47.1 Å². The van der Waals surface area contributed by atoms with Crippen LogP contribution in [-0.2, 0) is 11.3 Å². The third kappa shape index (κ3) is 3.80. The normalized spacial score (nSPS) is 14.0. The number of esters is 1. The molecule has 0 spiro atoms. The molecule has 136 valence electrons. The number of hydrogen-bond acceptors (Lipinski definition) is 3. The van der Waals surface area contributed by atoms with E-state index in [1.165, 1.54) is 12.1 Å². The fourth-order valence-corrected chi connectivity index (χ4v) is 3.04. The Morgan fingerprint density at radius 1 is 1.19 bits per heavy atom. The molecule has 2 aromatic rings. The maximum atomic E-state index is 13.2. The van der Waals surface area contributed by atoms with Crippen molar-refractivity contribution in [1.29, 1.82) is 0 Å². The van der Waals surface area contributed by atoms with Gasteiger partial charge in [0.2, 0.25) is 0 Å². The molecule has 2 aromatic carbocycles.